The number of amides is 1. The Morgan fingerprint density at radius 2 is 1.49 bits per heavy atom. The number of pyridine rings is 3. The van der Waals surface area contributed by atoms with E-state index in [0.29, 0.717) is 11.7 Å². The highest BCUT2D eigenvalue weighted by Crippen LogP contribution is 2.24. The summed E-state index contributed by atoms with van der Waals surface area (Å²) in [4.78, 5) is 31.6. The molecule has 0 atom stereocenters. The molecule has 4 aromatic rings. The predicted molar refractivity (Wildman–Crippen MR) is 138 cm³/mol. The van der Waals surface area contributed by atoms with E-state index in [1.807, 2.05) is 65.8 Å². The minimum Gasteiger partial charge on any atom is -0.337 e. The fraction of sp³-hybridized carbons (Fsp3) is 0.310. The molecule has 0 saturated carbocycles. The molecular formula is C29H31N5O. The maximum atomic E-state index is 13.2. The predicted octanol–water partition coefficient (Wildman–Crippen LogP) is 4.95. The molecule has 35 heavy (non-hydrogen) atoms. The fourth-order valence-corrected chi connectivity index (χ4v) is 4.85. The smallest absolute Gasteiger partial charge is 0.272 e. The molecule has 1 amide bonds. The van der Waals surface area contributed by atoms with E-state index in [1.165, 1.54) is 11.1 Å². The molecule has 0 radical (unpaired) electrons. The summed E-state index contributed by atoms with van der Waals surface area (Å²) in [6.07, 6.45) is 5.56. The van der Waals surface area contributed by atoms with E-state index in [9.17, 15) is 4.79 Å². The van der Waals surface area contributed by atoms with Gasteiger partial charge in [0, 0.05) is 50.0 Å². The number of rotatable bonds is 6. The van der Waals surface area contributed by atoms with Crippen LogP contribution < -0.4 is 0 Å². The van der Waals surface area contributed by atoms with Crippen LogP contribution in [0.2, 0.25) is 0 Å². The quantitative estimate of drug-likeness (QED) is 0.403. The van der Waals surface area contributed by atoms with Crippen LogP contribution in [0.15, 0.2) is 73.1 Å². The Kier molecular flexibility index (Phi) is 6.82. The van der Waals surface area contributed by atoms with E-state index >= 15 is 0 Å². The molecule has 4 heterocycles. The zero-order valence-corrected chi connectivity index (χ0v) is 20.4. The van der Waals surface area contributed by atoms with Crippen LogP contribution in [0.25, 0.3) is 10.9 Å². The van der Waals surface area contributed by atoms with Crippen molar-refractivity contribution in [2.24, 2.45) is 0 Å². The van der Waals surface area contributed by atoms with Gasteiger partial charge in [-0.25, -0.2) is 4.98 Å². The van der Waals surface area contributed by atoms with Crippen LogP contribution in [0.3, 0.4) is 0 Å². The van der Waals surface area contributed by atoms with Gasteiger partial charge in [0.1, 0.15) is 5.69 Å². The molecule has 0 aliphatic carbocycles. The first-order valence-electron chi connectivity index (χ1n) is 12.3. The van der Waals surface area contributed by atoms with E-state index in [2.05, 4.69) is 45.8 Å². The van der Waals surface area contributed by atoms with Crippen LogP contribution >= 0.6 is 0 Å². The van der Waals surface area contributed by atoms with E-state index < -0.39 is 0 Å². The van der Waals surface area contributed by atoms with Crippen molar-refractivity contribution in [1.29, 1.82) is 0 Å². The summed E-state index contributed by atoms with van der Waals surface area (Å²) in [5, 5.41) is 1.05. The summed E-state index contributed by atoms with van der Waals surface area (Å²) in [6.45, 7) is 7.21. The van der Waals surface area contributed by atoms with Crippen molar-refractivity contribution in [2.75, 3.05) is 13.1 Å². The van der Waals surface area contributed by atoms with Crippen molar-refractivity contribution in [3.05, 3.63) is 101 Å². The number of aryl methyl sites for hydroxylation is 2. The lowest BCUT2D eigenvalue weighted by Gasteiger charge is -2.38. The highest BCUT2D eigenvalue weighted by atomic mass is 16.2. The van der Waals surface area contributed by atoms with Crippen molar-refractivity contribution in [3.8, 4) is 0 Å². The van der Waals surface area contributed by atoms with Gasteiger partial charge >= 0.3 is 0 Å². The lowest BCUT2D eigenvalue weighted by atomic mass is 10.0. The molecule has 1 fully saturated rings. The maximum absolute atomic E-state index is 13.2. The monoisotopic (exact) mass is 465 g/mol. The number of hydrogen-bond donors (Lipinski definition) is 0. The summed E-state index contributed by atoms with van der Waals surface area (Å²) in [6, 6.07) is 20.3. The average molecular weight is 466 g/mol. The van der Waals surface area contributed by atoms with E-state index in [-0.39, 0.29) is 5.91 Å². The Balaban J connectivity index is 1.31. The lowest BCUT2D eigenvalue weighted by Crippen LogP contribution is -2.46. The van der Waals surface area contributed by atoms with Gasteiger partial charge in [-0.15, -0.1) is 0 Å². The summed E-state index contributed by atoms with van der Waals surface area (Å²) in [7, 11) is 0. The molecule has 6 heteroatoms. The molecule has 0 N–H and O–H groups in total. The van der Waals surface area contributed by atoms with E-state index in [0.717, 1.165) is 61.3 Å². The topological polar surface area (TPSA) is 62.2 Å². The van der Waals surface area contributed by atoms with Gasteiger partial charge in [-0.3, -0.25) is 19.7 Å². The van der Waals surface area contributed by atoms with Crippen molar-refractivity contribution >= 4 is 16.8 Å². The minimum absolute atomic E-state index is 0.0156. The van der Waals surface area contributed by atoms with Crippen LogP contribution in [-0.4, -0.2) is 49.8 Å². The van der Waals surface area contributed by atoms with Gasteiger partial charge in [-0.2, -0.15) is 0 Å². The lowest BCUT2D eigenvalue weighted by molar-refractivity contribution is 0.0584. The molecule has 0 bridgehead atoms. The summed E-state index contributed by atoms with van der Waals surface area (Å²) < 4.78 is 0. The first-order chi connectivity index (χ1) is 17.1. The molecule has 6 nitrogen and oxygen atoms in total. The highest BCUT2D eigenvalue weighted by molar-refractivity contribution is 5.95. The normalized spacial score (nSPS) is 14.5. The number of aromatic nitrogens is 3. The molecule has 5 rings (SSSR count). The van der Waals surface area contributed by atoms with Crippen molar-refractivity contribution in [1.82, 2.24) is 24.8 Å². The van der Waals surface area contributed by atoms with Gasteiger partial charge < -0.3 is 4.90 Å². The molecule has 1 aromatic carbocycles. The highest BCUT2D eigenvalue weighted by Gasteiger charge is 2.29. The first kappa shape index (κ1) is 23.1. The first-order valence-corrected chi connectivity index (χ1v) is 12.3. The fourth-order valence-electron chi connectivity index (χ4n) is 4.85. The molecule has 3 aromatic heterocycles. The van der Waals surface area contributed by atoms with Crippen molar-refractivity contribution in [3.63, 3.8) is 0 Å². The number of carbonyl (C=O) groups excluding carboxylic acids is 1. The SMILES string of the molecule is Cc1cccnc1CN(Cc1ncccc1C)C1CCN(C(=O)c2ccc3ccccc3n2)CC1. The number of hydrogen-bond acceptors (Lipinski definition) is 5. The number of fused-ring (bicyclic) bond motifs is 1. The van der Waals surface area contributed by atoms with Crippen molar-refractivity contribution < 1.29 is 4.79 Å². The van der Waals surface area contributed by atoms with Gasteiger partial charge in [-0.05, 0) is 62.1 Å². The summed E-state index contributed by atoms with van der Waals surface area (Å²) in [5.74, 6) is 0.0156. The Labute approximate surface area is 206 Å². The third-order valence-corrected chi connectivity index (χ3v) is 7.03. The van der Waals surface area contributed by atoms with Crippen molar-refractivity contribution in [2.45, 2.75) is 45.8 Å². The Morgan fingerprint density at radius 3 is 2.11 bits per heavy atom. The zero-order valence-electron chi connectivity index (χ0n) is 20.4. The number of benzene rings is 1. The van der Waals surface area contributed by atoms with Crippen LogP contribution in [0, 0.1) is 13.8 Å². The Morgan fingerprint density at radius 1 is 0.857 bits per heavy atom. The third kappa shape index (κ3) is 5.23. The number of para-hydroxylation sites is 1. The standard InChI is InChI=1S/C29H31N5O/c1-21-7-5-15-30-27(21)19-34(20-28-22(2)8-6-16-31-28)24-13-17-33(18-14-24)29(35)26-12-11-23-9-3-4-10-25(23)32-26/h3-12,15-16,24H,13-14,17-20H2,1-2H3. The number of carbonyl (C=O) groups is 1. The Hall–Kier alpha value is -3.64. The molecule has 1 saturated heterocycles. The molecular weight excluding hydrogens is 434 g/mol. The molecule has 1 aliphatic heterocycles. The minimum atomic E-state index is 0.0156. The van der Waals surface area contributed by atoms with Crippen LogP contribution in [0.4, 0.5) is 0 Å². The van der Waals surface area contributed by atoms with Gasteiger partial charge in [0.15, 0.2) is 0 Å². The largest absolute Gasteiger partial charge is 0.337 e. The van der Waals surface area contributed by atoms with Crippen LogP contribution in [-0.2, 0) is 13.1 Å². The van der Waals surface area contributed by atoms with Crippen LogP contribution in [0.5, 0.6) is 0 Å². The summed E-state index contributed by atoms with van der Waals surface area (Å²) in [5.41, 5.74) is 5.97. The number of piperidine rings is 1. The van der Waals surface area contributed by atoms with Gasteiger partial charge in [0.25, 0.3) is 5.91 Å². The van der Waals surface area contributed by atoms with Gasteiger partial charge in [0.05, 0.1) is 16.9 Å². The Bertz CT molecular complexity index is 1280. The van der Waals surface area contributed by atoms with E-state index in [1.54, 1.807) is 0 Å². The second-order valence-electron chi connectivity index (χ2n) is 9.35. The van der Waals surface area contributed by atoms with Gasteiger partial charge in [-0.1, -0.05) is 36.4 Å². The zero-order chi connectivity index (χ0) is 24.2. The summed E-state index contributed by atoms with van der Waals surface area (Å²) >= 11 is 0. The van der Waals surface area contributed by atoms with Crippen LogP contribution in [0.1, 0.15) is 45.8 Å². The molecule has 1 aliphatic rings. The van der Waals surface area contributed by atoms with Gasteiger partial charge in [0.2, 0.25) is 0 Å². The second kappa shape index (κ2) is 10.3. The second-order valence-corrected chi connectivity index (χ2v) is 9.35. The molecule has 0 spiro atoms. The number of nitrogens with zero attached hydrogens (tertiary/aromatic N) is 5. The third-order valence-electron chi connectivity index (χ3n) is 7.03. The molecule has 178 valence electrons. The maximum Gasteiger partial charge on any atom is 0.272 e. The number of likely N-dealkylation sites (tertiary alicyclic amines) is 1. The van der Waals surface area contributed by atoms with E-state index in [4.69, 9.17) is 0 Å². The average Bonchev–Trinajstić information content (AvgIpc) is 2.90. The molecule has 0 unspecified atom stereocenters.